The molecule has 0 radical (unpaired) electrons. The van der Waals surface area contributed by atoms with Crippen LogP contribution >= 0.6 is 0 Å². The molecule has 27 heavy (non-hydrogen) atoms. The Morgan fingerprint density at radius 3 is 2.52 bits per heavy atom. The van der Waals surface area contributed by atoms with Crippen LogP contribution in [-0.4, -0.2) is 10.5 Å². The first-order chi connectivity index (χ1) is 12.7. The molecule has 0 spiro atoms. The smallest absolute Gasteiger partial charge is 0.302 e. The van der Waals surface area contributed by atoms with E-state index in [4.69, 9.17) is 4.74 Å². The van der Waals surface area contributed by atoms with E-state index in [1.165, 1.54) is 12.5 Å². The van der Waals surface area contributed by atoms with Gasteiger partial charge >= 0.3 is 5.97 Å². The third-order valence-corrected chi connectivity index (χ3v) is 4.83. The van der Waals surface area contributed by atoms with Crippen LogP contribution in [0.4, 0.5) is 0 Å². The highest BCUT2D eigenvalue weighted by molar-refractivity contribution is 5.82. The summed E-state index contributed by atoms with van der Waals surface area (Å²) in [5.74, 6) is -0.343. The molecule has 0 N–H and O–H groups in total. The topological polar surface area (TPSA) is 48.3 Å². The second kappa shape index (κ2) is 7.03. The van der Waals surface area contributed by atoms with Crippen molar-refractivity contribution in [2.75, 3.05) is 0 Å². The van der Waals surface area contributed by atoms with Gasteiger partial charge in [0.1, 0.15) is 6.61 Å². The van der Waals surface area contributed by atoms with E-state index in [9.17, 15) is 9.59 Å². The van der Waals surface area contributed by atoms with Crippen molar-refractivity contribution in [3.05, 3.63) is 75.7 Å². The molecule has 4 heteroatoms. The zero-order chi connectivity index (χ0) is 19.8. The van der Waals surface area contributed by atoms with Gasteiger partial charge in [-0.25, -0.2) is 0 Å². The number of aromatic nitrogens is 1. The zero-order valence-electron chi connectivity index (χ0n) is 16.5. The molecule has 2 aromatic carbocycles. The van der Waals surface area contributed by atoms with Gasteiger partial charge in [-0.3, -0.25) is 14.2 Å². The number of hydrogen-bond acceptors (Lipinski definition) is 3. The maximum atomic E-state index is 13.1. The molecule has 1 heterocycles. The van der Waals surface area contributed by atoms with Gasteiger partial charge in [0.2, 0.25) is 0 Å². The van der Waals surface area contributed by atoms with Crippen molar-refractivity contribution in [1.82, 2.24) is 4.57 Å². The SMILES string of the molecule is CC(=O)OCc1c(C)cccc1-n1ccc2cc(C(C)(C)C)ccc2c1=O. The van der Waals surface area contributed by atoms with Gasteiger partial charge in [-0.05, 0) is 47.1 Å². The molecule has 0 bridgehead atoms. The molecule has 0 amide bonds. The number of carbonyl (C=O) groups excluding carboxylic acids is 1. The molecule has 0 aliphatic carbocycles. The number of ether oxygens (including phenoxy) is 1. The average Bonchev–Trinajstić information content (AvgIpc) is 2.60. The number of nitrogens with zero attached hydrogens (tertiary/aromatic N) is 1. The highest BCUT2D eigenvalue weighted by atomic mass is 16.5. The summed E-state index contributed by atoms with van der Waals surface area (Å²) in [5, 5.41) is 1.60. The molecule has 0 unspecified atom stereocenters. The first-order valence-electron chi connectivity index (χ1n) is 9.06. The van der Waals surface area contributed by atoms with Gasteiger partial charge in [0.05, 0.1) is 5.69 Å². The lowest BCUT2D eigenvalue weighted by molar-refractivity contribution is -0.142. The van der Waals surface area contributed by atoms with Crippen LogP contribution in [0, 0.1) is 6.92 Å². The highest BCUT2D eigenvalue weighted by Gasteiger charge is 2.16. The van der Waals surface area contributed by atoms with E-state index in [-0.39, 0.29) is 23.6 Å². The predicted molar refractivity (Wildman–Crippen MR) is 108 cm³/mol. The first-order valence-corrected chi connectivity index (χ1v) is 9.06. The number of fused-ring (bicyclic) bond motifs is 1. The largest absolute Gasteiger partial charge is 0.461 e. The summed E-state index contributed by atoms with van der Waals surface area (Å²) >= 11 is 0. The number of carbonyl (C=O) groups is 1. The number of aryl methyl sites for hydroxylation is 1. The molecule has 4 nitrogen and oxygen atoms in total. The Balaban J connectivity index is 2.16. The van der Waals surface area contributed by atoms with Gasteiger partial charge in [-0.2, -0.15) is 0 Å². The van der Waals surface area contributed by atoms with Crippen molar-refractivity contribution in [1.29, 1.82) is 0 Å². The molecule has 140 valence electrons. The standard InChI is InChI=1S/C23H25NO3/c1-15-7-6-8-21(20(15)14-27-16(2)25)24-12-11-17-13-18(23(3,4)5)9-10-19(17)22(24)26/h6-13H,14H2,1-5H3. The lowest BCUT2D eigenvalue weighted by Gasteiger charge is -2.20. The molecule has 0 aliphatic rings. The quantitative estimate of drug-likeness (QED) is 0.636. The molecule has 0 saturated heterocycles. The highest BCUT2D eigenvalue weighted by Crippen LogP contribution is 2.26. The Kier molecular flexibility index (Phi) is 4.92. The minimum atomic E-state index is -0.343. The lowest BCUT2D eigenvalue weighted by Crippen LogP contribution is -2.20. The number of rotatable bonds is 3. The second-order valence-corrected chi connectivity index (χ2v) is 7.90. The van der Waals surface area contributed by atoms with Gasteiger partial charge in [-0.1, -0.05) is 45.0 Å². The number of benzene rings is 2. The minimum absolute atomic E-state index is 0.0246. The van der Waals surface area contributed by atoms with Crippen molar-refractivity contribution in [3.63, 3.8) is 0 Å². The second-order valence-electron chi connectivity index (χ2n) is 7.90. The van der Waals surface area contributed by atoms with Gasteiger partial charge in [0, 0.05) is 24.1 Å². The Hall–Kier alpha value is -2.88. The van der Waals surface area contributed by atoms with E-state index < -0.39 is 0 Å². The number of pyridine rings is 1. The van der Waals surface area contributed by atoms with Crippen molar-refractivity contribution >= 4 is 16.7 Å². The van der Waals surface area contributed by atoms with E-state index in [1.807, 2.05) is 43.3 Å². The summed E-state index contributed by atoms with van der Waals surface area (Å²) in [6.45, 7) is 9.94. The minimum Gasteiger partial charge on any atom is -0.461 e. The summed E-state index contributed by atoms with van der Waals surface area (Å²) in [6, 6.07) is 13.7. The van der Waals surface area contributed by atoms with E-state index in [1.54, 1.807) is 10.8 Å². The number of esters is 1. The third-order valence-electron chi connectivity index (χ3n) is 4.83. The van der Waals surface area contributed by atoms with E-state index >= 15 is 0 Å². The van der Waals surface area contributed by atoms with Gasteiger partial charge in [0.15, 0.2) is 0 Å². The Labute approximate surface area is 159 Å². The third kappa shape index (κ3) is 3.80. The van der Waals surface area contributed by atoms with Crippen molar-refractivity contribution in [2.24, 2.45) is 0 Å². The van der Waals surface area contributed by atoms with Crippen molar-refractivity contribution in [3.8, 4) is 5.69 Å². The molecular formula is C23H25NO3. The predicted octanol–water partition coefficient (Wildman–Crippen LogP) is 4.66. The van der Waals surface area contributed by atoms with Crippen LogP contribution in [0.3, 0.4) is 0 Å². The van der Waals surface area contributed by atoms with Crippen LogP contribution < -0.4 is 5.56 Å². The average molecular weight is 363 g/mol. The van der Waals surface area contributed by atoms with Gasteiger partial charge < -0.3 is 4.74 Å². The van der Waals surface area contributed by atoms with Gasteiger partial charge in [-0.15, -0.1) is 0 Å². The van der Waals surface area contributed by atoms with Gasteiger partial charge in [0.25, 0.3) is 5.56 Å². The Morgan fingerprint density at radius 1 is 1.11 bits per heavy atom. The van der Waals surface area contributed by atoms with Crippen LogP contribution in [0.25, 0.3) is 16.5 Å². The van der Waals surface area contributed by atoms with E-state index in [2.05, 4.69) is 26.8 Å². The molecule has 0 atom stereocenters. The Bertz CT molecular complexity index is 1070. The molecule has 0 aliphatic heterocycles. The maximum Gasteiger partial charge on any atom is 0.302 e. The number of hydrogen-bond donors (Lipinski definition) is 0. The van der Waals surface area contributed by atoms with Crippen LogP contribution in [0.1, 0.15) is 44.4 Å². The zero-order valence-corrected chi connectivity index (χ0v) is 16.5. The fraction of sp³-hybridized carbons (Fsp3) is 0.304. The first kappa shape index (κ1) is 18.9. The van der Waals surface area contributed by atoms with Crippen molar-refractivity contribution in [2.45, 2.75) is 46.6 Å². The van der Waals surface area contributed by atoms with Crippen LogP contribution in [0.15, 0.2) is 53.5 Å². The summed E-state index contributed by atoms with van der Waals surface area (Å²) < 4.78 is 6.83. The molecular weight excluding hydrogens is 338 g/mol. The molecule has 1 aromatic heterocycles. The van der Waals surface area contributed by atoms with E-state index in [0.29, 0.717) is 5.39 Å². The summed E-state index contributed by atoms with van der Waals surface area (Å²) in [7, 11) is 0. The Morgan fingerprint density at radius 2 is 1.85 bits per heavy atom. The molecule has 0 fully saturated rings. The molecule has 3 rings (SSSR count). The van der Waals surface area contributed by atoms with E-state index in [0.717, 1.165) is 22.2 Å². The monoisotopic (exact) mass is 363 g/mol. The normalized spacial score (nSPS) is 11.6. The molecule has 0 saturated carbocycles. The lowest BCUT2D eigenvalue weighted by atomic mass is 9.86. The molecule has 3 aromatic rings. The maximum absolute atomic E-state index is 13.1. The summed E-state index contributed by atoms with van der Waals surface area (Å²) in [5.41, 5.74) is 3.68. The van der Waals surface area contributed by atoms with Crippen LogP contribution in [0.5, 0.6) is 0 Å². The van der Waals surface area contributed by atoms with Crippen LogP contribution in [-0.2, 0) is 21.6 Å². The summed E-state index contributed by atoms with van der Waals surface area (Å²) in [4.78, 5) is 24.4. The summed E-state index contributed by atoms with van der Waals surface area (Å²) in [6.07, 6.45) is 1.79. The van der Waals surface area contributed by atoms with Crippen molar-refractivity contribution < 1.29 is 9.53 Å². The fourth-order valence-corrected chi connectivity index (χ4v) is 3.18. The fourth-order valence-electron chi connectivity index (χ4n) is 3.18. The van der Waals surface area contributed by atoms with Crippen LogP contribution in [0.2, 0.25) is 0 Å².